The number of amides is 1. The molecule has 15 heavy (non-hydrogen) atoms. The first-order valence-electron chi connectivity index (χ1n) is 5.47. The number of unbranched alkanes of at least 4 members (excludes halogenated alkanes) is 4. The highest BCUT2D eigenvalue weighted by Crippen LogP contribution is 2.07. The summed E-state index contributed by atoms with van der Waals surface area (Å²) in [5, 5.41) is 0. The number of aromatic amines is 1. The van der Waals surface area contributed by atoms with Crippen LogP contribution in [-0.4, -0.2) is 15.9 Å². The summed E-state index contributed by atoms with van der Waals surface area (Å²) >= 11 is 0. The number of nitrogens with two attached hydrogens (primary N) is 1. The summed E-state index contributed by atoms with van der Waals surface area (Å²) in [6, 6.07) is 0. The van der Waals surface area contributed by atoms with Gasteiger partial charge in [0.25, 0.3) is 0 Å². The molecule has 83 valence electrons. The molecule has 0 aliphatic rings. The van der Waals surface area contributed by atoms with E-state index in [0.717, 1.165) is 37.9 Å². The van der Waals surface area contributed by atoms with Crippen LogP contribution in [0.15, 0.2) is 6.20 Å². The molecule has 1 aromatic rings. The minimum Gasteiger partial charge on any atom is -0.370 e. The van der Waals surface area contributed by atoms with Crippen LogP contribution >= 0.6 is 0 Å². The summed E-state index contributed by atoms with van der Waals surface area (Å²) in [4.78, 5) is 17.5. The predicted octanol–water partition coefficient (Wildman–Crippen LogP) is 1.58. The van der Waals surface area contributed by atoms with Crippen molar-refractivity contribution in [2.45, 2.75) is 44.9 Å². The summed E-state index contributed by atoms with van der Waals surface area (Å²) < 4.78 is 0. The fourth-order valence-electron chi connectivity index (χ4n) is 1.51. The maximum Gasteiger partial charge on any atom is 0.217 e. The highest BCUT2D eigenvalue weighted by Gasteiger charge is 1.96. The molecule has 0 unspecified atom stereocenters. The van der Waals surface area contributed by atoms with Crippen molar-refractivity contribution >= 4 is 5.91 Å². The third-order valence-electron chi connectivity index (χ3n) is 2.34. The number of nitrogens with one attached hydrogen (secondary N) is 1. The zero-order chi connectivity index (χ0) is 10.9. The van der Waals surface area contributed by atoms with Crippen molar-refractivity contribution < 1.29 is 4.79 Å². The smallest absolute Gasteiger partial charge is 0.217 e. The molecular weight excluding hydrogens is 190 g/mol. The van der Waals surface area contributed by atoms with E-state index in [4.69, 9.17) is 5.73 Å². The summed E-state index contributed by atoms with van der Waals surface area (Å²) in [6.45, 7) is 0. The number of carbonyl (C=O) groups excluding carboxylic acids is 1. The first-order chi connectivity index (χ1) is 7.29. The zero-order valence-electron chi connectivity index (χ0n) is 8.96. The molecule has 4 nitrogen and oxygen atoms in total. The second-order valence-corrected chi connectivity index (χ2v) is 3.71. The van der Waals surface area contributed by atoms with Crippen LogP contribution in [0.1, 0.15) is 44.3 Å². The summed E-state index contributed by atoms with van der Waals surface area (Å²) in [5.74, 6) is 0.813. The van der Waals surface area contributed by atoms with Gasteiger partial charge in [-0.3, -0.25) is 4.79 Å². The van der Waals surface area contributed by atoms with Crippen molar-refractivity contribution in [3.05, 3.63) is 18.2 Å². The fourth-order valence-corrected chi connectivity index (χ4v) is 1.51. The van der Waals surface area contributed by atoms with Crippen molar-refractivity contribution in [2.75, 3.05) is 0 Å². The van der Waals surface area contributed by atoms with E-state index >= 15 is 0 Å². The van der Waals surface area contributed by atoms with Gasteiger partial charge in [-0.05, 0) is 12.8 Å². The Bertz CT molecular complexity index is 269. The normalized spacial score (nSPS) is 10.4. The van der Waals surface area contributed by atoms with Gasteiger partial charge in [-0.25, -0.2) is 4.98 Å². The van der Waals surface area contributed by atoms with Crippen molar-refractivity contribution in [1.29, 1.82) is 0 Å². The molecule has 0 saturated carbocycles. The van der Waals surface area contributed by atoms with Gasteiger partial charge in [0.1, 0.15) is 12.0 Å². The highest BCUT2D eigenvalue weighted by atomic mass is 16.1. The van der Waals surface area contributed by atoms with Crippen LogP contribution in [0.25, 0.3) is 0 Å². The molecule has 0 bridgehead atoms. The number of hydrogen-bond donors (Lipinski definition) is 2. The Labute approximate surface area is 90.3 Å². The lowest BCUT2D eigenvalue weighted by Gasteiger charge is -1.99. The largest absolute Gasteiger partial charge is 0.370 e. The molecule has 0 aromatic carbocycles. The number of nitrogens with zero attached hydrogens (tertiary/aromatic N) is 1. The van der Waals surface area contributed by atoms with E-state index in [1.54, 1.807) is 6.20 Å². The topological polar surface area (TPSA) is 71.8 Å². The van der Waals surface area contributed by atoms with E-state index in [1.807, 2.05) is 0 Å². The lowest BCUT2D eigenvalue weighted by molar-refractivity contribution is -0.118. The van der Waals surface area contributed by atoms with Gasteiger partial charge in [-0.15, -0.1) is 0 Å². The lowest BCUT2D eigenvalue weighted by Crippen LogP contribution is -2.09. The van der Waals surface area contributed by atoms with Crippen molar-refractivity contribution in [3.8, 4) is 0 Å². The molecule has 1 rings (SSSR count). The maximum atomic E-state index is 10.4. The van der Waals surface area contributed by atoms with E-state index in [2.05, 4.69) is 16.2 Å². The van der Waals surface area contributed by atoms with Crippen molar-refractivity contribution in [2.24, 2.45) is 5.73 Å². The van der Waals surface area contributed by atoms with Crippen LogP contribution in [0.5, 0.6) is 0 Å². The van der Waals surface area contributed by atoms with Gasteiger partial charge < -0.3 is 10.7 Å². The van der Waals surface area contributed by atoms with Crippen molar-refractivity contribution in [3.63, 3.8) is 0 Å². The lowest BCUT2D eigenvalue weighted by atomic mass is 10.1. The summed E-state index contributed by atoms with van der Waals surface area (Å²) in [7, 11) is 0. The molecule has 1 amide bonds. The summed E-state index contributed by atoms with van der Waals surface area (Å²) in [6.07, 6.45) is 11.5. The van der Waals surface area contributed by atoms with Gasteiger partial charge >= 0.3 is 0 Å². The van der Waals surface area contributed by atoms with Crippen molar-refractivity contribution in [1.82, 2.24) is 9.97 Å². The van der Waals surface area contributed by atoms with E-state index in [9.17, 15) is 4.79 Å². The number of aryl methyl sites for hydroxylation is 1. The Morgan fingerprint density at radius 2 is 2.07 bits per heavy atom. The number of H-pyrrole nitrogens is 1. The Kier molecular flexibility index (Phi) is 5.51. The van der Waals surface area contributed by atoms with Gasteiger partial charge in [0.2, 0.25) is 5.91 Å². The second kappa shape index (κ2) is 7.04. The SMILES string of the molecule is NC(=O)CCCCCCCc1n[c]c[nH]1. The molecule has 1 aromatic heterocycles. The van der Waals surface area contributed by atoms with Gasteiger partial charge in [0, 0.05) is 19.0 Å². The predicted molar refractivity (Wildman–Crippen MR) is 58.0 cm³/mol. The standard InChI is InChI=1S/C11H18N3O/c12-10(15)6-4-2-1-3-5-7-11-13-8-9-14-11/h8H,1-7H2,(H2,12,15)(H,13,14). The quantitative estimate of drug-likeness (QED) is 0.637. The van der Waals surface area contributed by atoms with E-state index < -0.39 is 0 Å². The highest BCUT2D eigenvalue weighted by molar-refractivity contribution is 5.73. The van der Waals surface area contributed by atoms with E-state index in [1.165, 1.54) is 6.42 Å². The summed E-state index contributed by atoms with van der Waals surface area (Å²) in [5.41, 5.74) is 5.04. The van der Waals surface area contributed by atoms with E-state index in [-0.39, 0.29) is 5.91 Å². The first-order valence-corrected chi connectivity index (χ1v) is 5.47. The molecule has 0 aliphatic heterocycles. The number of carbonyl (C=O) groups is 1. The molecule has 0 saturated heterocycles. The maximum absolute atomic E-state index is 10.4. The number of primary amides is 1. The Morgan fingerprint density at radius 1 is 1.33 bits per heavy atom. The molecule has 0 atom stereocenters. The Balaban J connectivity index is 1.87. The molecule has 3 N–H and O–H groups in total. The Hall–Kier alpha value is -1.32. The molecule has 0 aliphatic carbocycles. The van der Waals surface area contributed by atoms with Gasteiger partial charge in [-0.1, -0.05) is 19.3 Å². The molecule has 1 radical (unpaired) electrons. The average Bonchev–Trinajstić information content (AvgIpc) is 2.68. The van der Waals surface area contributed by atoms with Gasteiger partial charge in [0.15, 0.2) is 0 Å². The van der Waals surface area contributed by atoms with Gasteiger partial charge in [0.05, 0.1) is 0 Å². The van der Waals surface area contributed by atoms with E-state index in [0.29, 0.717) is 6.42 Å². The molecule has 4 heteroatoms. The average molecular weight is 208 g/mol. The minimum atomic E-state index is -0.193. The zero-order valence-corrected chi connectivity index (χ0v) is 8.96. The third-order valence-corrected chi connectivity index (χ3v) is 2.34. The number of aromatic nitrogens is 2. The molecule has 0 spiro atoms. The first kappa shape index (κ1) is 11.8. The molecule has 1 heterocycles. The minimum absolute atomic E-state index is 0.193. The number of rotatable bonds is 8. The monoisotopic (exact) mass is 208 g/mol. The molecular formula is C11H18N3O. The number of hydrogen-bond acceptors (Lipinski definition) is 2. The molecule has 0 fully saturated rings. The van der Waals surface area contributed by atoms with Crippen LogP contribution in [0.2, 0.25) is 0 Å². The fraction of sp³-hybridized carbons (Fsp3) is 0.636. The van der Waals surface area contributed by atoms with Crippen LogP contribution < -0.4 is 5.73 Å². The van der Waals surface area contributed by atoms with Crippen LogP contribution in [0.4, 0.5) is 0 Å². The third kappa shape index (κ3) is 5.88. The van der Waals surface area contributed by atoms with Crippen LogP contribution in [0, 0.1) is 6.20 Å². The van der Waals surface area contributed by atoms with Crippen LogP contribution in [0.3, 0.4) is 0 Å². The number of imidazole rings is 1. The Morgan fingerprint density at radius 3 is 2.73 bits per heavy atom. The van der Waals surface area contributed by atoms with Gasteiger partial charge in [-0.2, -0.15) is 0 Å². The van der Waals surface area contributed by atoms with Crippen LogP contribution in [-0.2, 0) is 11.2 Å². The second-order valence-electron chi connectivity index (χ2n) is 3.71.